The molecule has 2 N–H and O–H groups in total. The Morgan fingerprint density at radius 2 is 1.57 bits per heavy atom. The SMILES string of the molecule is NCCN(Cc1ncccn1)c1cc(-c2ccc(C(F)(F)F)cc2)ccc1F. The maximum Gasteiger partial charge on any atom is 0.416 e. The van der Waals surface area contributed by atoms with Gasteiger partial charge in [0.25, 0.3) is 0 Å². The van der Waals surface area contributed by atoms with Gasteiger partial charge < -0.3 is 10.6 Å². The predicted molar refractivity (Wildman–Crippen MR) is 99.0 cm³/mol. The predicted octanol–water partition coefficient (Wildman–Crippen LogP) is 4.27. The fourth-order valence-corrected chi connectivity index (χ4v) is 2.81. The van der Waals surface area contributed by atoms with Crippen LogP contribution >= 0.6 is 0 Å². The molecular formula is C20H18F4N4. The first kappa shape index (κ1) is 19.8. The summed E-state index contributed by atoms with van der Waals surface area (Å²) < 4.78 is 52.8. The zero-order chi connectivity index (χ0) is 20.1. The van der Waals surface area contributed by atoms with E-state index in [-0.39, 0.29) is 18.8 Å². The van der Waals surface area contributed by atoms with E-state index in [4.69, 9.17) is 5.73 Å². The van der Waals surface area contributed by atoms with Crippen molar-refractivity contribution in [3.05, 3.63) is 78.1 Å². The van der Waals surface area contributed by atoms with E-state index in [1.165, 1.54) is 24.3 Å². The molecule has 1 heterocycles. The smallest absolute Gasteiger partial charge is 0.360 e. The van der Waals surface area contributed by atoms with Gasteiger partial charge in [0, 0.05) is 25.5 Å². The number of hydrogen-bond acceptors (Lipinski definition) is 4. The molecule has 28 heavy (non-hydrogen) atoms. The lowest BCUT2D eigenvalue weighted by molar-refractivity contribution is -0.137. The standard InChI is InChI=1S/C20H18F4N4/c21-17-7-4-15(14-2-5-16(6-3-14)20(22,23)24)12-18(17)28(11-8-25)13-19-26-9-1-10-27-19/h1-7,9-10,12H,8,11,13,25H2. The number of rotatable bonds is 6. The van der Waals surface area contributed by atoms with E-state index in [0.717, 1.165) is 12.1 Å². The highest BCUT2D eigenvalue weighted by Gasteiger charge is 2.30. The van der Waals surface area contributed by atoms with Crippen LogP contribution in [0.25, 0.3) is 11.1 Å². The van der Waals surface area contributed by atoms with Gasteiger partial charge in [0.2, 0.25) is 0 Å². The first-order valence-electron chi connectivity index (χ1n) is 8.56. The number of nitrogens with zero attached hydrogens (tertiary/aromatic N) is 3. The lowest BCUT2D eigenvalue weighted by Gasteiger charge is -2.24. The van der Waals surface area contributed by atoms with Crippen LogP contribution in [0.3, 0.4) is 0 Å². The summed E-state index contributed by atoms with van der Waals surface area (Å²) in [4.78, 5) is 10.00. The molecule has 8 heteroatoms. The van der Waals surface area contributed by atoms with Crippen molar-refractivity contribution in [1.29, 1.82) is 0 Å². The molecule has 0 aliphatic heterocycles. The van der Waals surface area contributed by atoms with Crippen LogP contribution in [0.4, 0.5) is 23.2 Å². The number of anilines is 1. The Kier molecular flexibility index (Phi) is 5.89. The third-order valence-electron chi connectivity index (χ3n) is 4.18. The van der Waals surface area contributed by atoms with Gasteiger partial charge in [-0.1, -0.05) is 18.2 Å². The molecule has 0 amide bonds. The Bertz CT molecular complexity index is 912. The molecule has 0 spiro atoms. The number of halogens is 4. The van der Waals surface area contributed by atoms with Crippen molar-refractivity contribution in [2.45, 2.75) is 12.7 Å². The van der Waals surface area contributed by atoms with Crippen LogP contribution < -0.4 is 10.6 Å². The normalized spacial score (nSPS) is 11.5. The van der Waals surface area contributed by atoms with Crippen molar-refractivity contribution in [2.75, 3.05) is 18.0 Å². The minimum atomic E-state index is -4.40. The maximum atomic E-state index is 14.5. The van der Waals surface area contributed by atoms with Gasteiger partial charge in [-0.2, -0.15) is 13.2 Å². The van der Waals surface area contributed by atoms with E-state index in [1.807, 2.05) is 0 Å². The highest BCUT2D eigenvalue weighted by Crippen LogP contribution is 2.32. The molecule has 0 unspecified atom stereocenters. The van der Waals surface area contributed by atoms with E-state index in [0.29, 0.717) is 23.5 Å². The minimum absolute atomic E-state index is 0.255. The van der Waals surface area contributed by atoms with E-state index < -0.39 is 17.6 Å². The average molecular weight is 390 g/mol. The van der Waals surface area contributed by atoms with Gasteiger partial charge in [-0.15, -0.1) is 0 Å². The number of nitrogens with two attached hydrogens (primary N) is 1. The second-order valence-electron chi connectivity index (χ2n) is 6.12. The van der Waals surface area contributed by atoms with Gasteiger partial charge in [-0.05, 0) is 41.5 Å². The largest absolute Gasteiger partial charge is 0.416 e. The third-order valence-corrected chi connectivity index (χ3v) is 4.18. The van der Waals surface area contributed by atoms with Gasteiger partial charge in [0.15, 0.2) is 0 Å². The molecule has 3 rings (SSSR count). The first-order chi connectivity index (χ1) is 13.4. The molecule has 0 saturated heterocycles. The molecule has 0 saturated carbocycles. The van der Waals surface area contributed by atoms with Crippen LogP contribution in [0, 0.1) is 5.82 Å². The summed E-state index contributed by atoms with van der Waals surface area (Å²) in [7, 11) is 0. The van der Waals surface area contributed by atoms with Crippen LogP contribution in [0.15, 0.2) is 60.9 Å². The summed E-state index contributed by atoms with van der Waals surface area (Å²) in [6, 6.07) is 10.8. The Hall–Kier alpha value is -3.00. The maximum absolute atomic E-state index is 14.5. The Morgan fingerprint density at radius 1 is 0.929 bits per heavy atom. The van der Waals surface area contributed by atoms with Crippen LogP contribution in [0.5, 0.6) is 0 Å². The van der Waals surface area contributed by atoms with Crippen molar-refractivity contribution < 1.29 is 17.6 Å². The van der Waals surface area contributed by atoms with Gasteiger partial charge in [0.05, 0.1) is 17.8 Å². The van der Waals surface area contributed by atoms with Crippen molar-refractivity contribution in [2.24, 2.45) is 5.73 Å². The number of alkyl halides is 3. The number of aromatic nitrogens is 2. The molecule has 3 aromatic rings. The molecule has 146 valence electrons. The number of hydrogen-bond donors (Lipinski definition) is 1. The van der Waals surface area contributed by atoms with Gasteiger partial charge in [-0.3, -0.25) is 0 Å². The molecule has 0 atom stereocenters. The van der Waals surface area contributed by atoms with Crippen molar-refractivity contribution in [3.8, 4) is 11.1 Å². The monoisotopic (exact) mass is 390 g/mol. The highest BCUT2D eigenvalue weighted by atomic mass is 19.4. The zero-order valence-electron chi connectivity index (χ0n) is 14.8. The van der Waals surface area contributed by atoms with E-state index in [9.17, 15) is 17.6 Å². The molecule has 0 aliphatic carbocycles. The van der Waals surface area contributed by atoms with Crippen molar-refractivity contribution >= 4 is 5.69 Å². The first-order valence-corrected chi connectivity index (χ1v) is 8.56. The summed E-state index contributed by atoms with van der Waals surface area (Å²) in [6.45, 7) is 0.911. The van der Waals surface area contributed by atoms with Crippen molar-refractivity contribution in [1.82, 2.24) is 9.97 Å². The van der Waals surface area contributed by atoms with Gasteiger partial charge in [0.1, 0.15) is 11.6 Å². The van der Waals surface area contributed by atoms with Crippen molar-refractivity contribution in [3.63, 3.8) is 0 Å². The summed E-state index contributed by atoms with van der Waals surface area (Å²) in [5.41, 5.74) is 6.37. The zero-order valence-corrected chi connectivity index (χ0v) is 14.8. The fourth-order valence-electron chi connectivity index (χ4n) is 2.81. The van der Waals surface area contributed by atoms with E-state index >= 15 is 0 Å². The Balaban J connectivity index is 1.93. The average Bonchev–Trinajstić information content (AvgIpc) is 2.68. The van der Waals surface area contributed by atoms with Gasteiger partial charge >= 0.3 is 6.18 Å². The van der Waals surface area contributed by atoms with E-state index in [1.54, 1.807) is 29.4 Å². The summed E-state index contributed by atoms with van der Waals surface area (Å²) in [5, 5.41) is 0. The molecule has 0 fully saturated rings. The lowest BCUT2D eigenvalue weighted by Crippen LogP contribution is -2.30. The molecule has 0 aliphatic rings. The Morgan fingerprint density at radius 3 is 2.18 bits per heavy atom. The second kappa shape index (κ2) is 8.35. The van der Waals surface area contributed by atoms with Crippen LogP contribution in [-0.2, 0) is 12.7 Å². The minimum Gasteiger partial charge on any atom is -0.360 e. The quantitative estimate of drug-likeness (QED) is 0.639. The molecule has 0 radical (unpaired) electrons. The lowest BCUT2D eigenvalue weighted by atomic mass is 10.0. The van der Waals surface area contributed by atoms with Crippen LogP contribution in [0.1, 0.15) is 11.4 Å². The summed E-state index contributed by atoms with van der Waals surface area (Å²) in [6.07, 6.45) is -1.21. The second-order valence-corrected chi connectivity index (χ2v) is 6.12. The van der Waals surface area contributed by atoms with Gasteiger partial charge in [-0.25, -0.2) is 14.4 Å². The molecule has 4 nitrogen and oxygen atoms in total. The molecular weight excluding hydrogens is 372 g/mol. The Labute approximate surface area is 159 Å². The molecule has 2 aromatic carbocycles. The molecule has 1 aromatic heterocycles. The summed E-state index contributed by atoms with van der Waals surface area (Å²) in [5.74, 6) is 0.0512. The fraction of sp³-hybridized carbons (Fsp3) is 0.200. The van der Waals surface area contributed by atoms with E-state index in [2.05, 4.69) is 9.97 Å². The summed E-state index contributed by atoms with van der Waals surface area (Å²) >= 11 is 0. The number of benzene rings is 2. The topological polar surface area (TPSA) is 55.0 Å². The molecule has 0 bridgehead atoms. The highest BCUT2D eigenvalue weighted by molar-refractivity contribution is 5.69. The third kappa shape index (κ3) is 4.64. The van der Waals surface area contributed by atoms with Crippen LogP contribution in [-0.4, -0.2) is 23.1 Å². The van der Waals surface area contributed by atoms with Crippen LogP contribution in [0.2, 0.25) is 0 Å².